The zero-order valence-corrected chi connectivity index (χ0v) is 11.9. The number of nitrogens with one attached hydrogen (secondary N) is 1. The summed E-state index contributed by atoms with van der Waals surface area (Å²) in [6, 6.07) is 3.12. The van der Waals surface area contributed by atoms with Crippen molar-refractivity contribution in [3.8, 4) is 0 Å². The molecule has 0 saturated heterocycles. The summed E-state index contributed by atoms with van der Waals surface area (Å²) in [5.74, 6) is -1.18. The number of halogens is 2. The molecule has 0 aliphatic carbocycles. The molecule has 0 saturated carbocycles. The average Bonchev–Trinajstić information content (AvgIpc) is 2.84. The summed E-state index contributed by atoms with van der Waals surface area (Å²) in [7, 11) is 0. The molecule has 0 fully saturated rings. The highest BCUT2D eigenvalue weighted by molar-refractivity contribution is 7.10. The minimum atomic E-state index is -1.14. The zero-order chi connectivity index (χ0) is 14.2. The molecule has 2 heterocycles. The third kappa shape index (κ3) is 2.50. The van der Waals surface area contributed by atoms with E-state index >= 15 is 0 Å². The zero-order valence-electron chi connectivity index (χ0n) is 10.3. The average molecular weight is 303 g/mol. The smallest absolute Gasteiger partial charge is 0.295 e. The normalized spacial score (nSPS) is 12.9. The number of aromatic nitrogens is 2. The molecule has 4 nitrogen and oxygen atoms in total. The molecule has 1 atom stereocenters. The molecule has 0 aliphatic heterocycles. The van der Waals surface area contributed by atoms with Crippen LogP contribution in [0.1, 0.15) is 24.8 Å². The predicted molar refractivity (Wildman–Crippen MR) is 73.6 cm³/mol. The lowest BCUT2D eigenvalue weighted by Crippen LogP contribution is -2.41. The van der Waals surface area contributed by atoms with Crippen molar-refractivity contribution in [1.29, 1.82) is 0 Å². The van der Waals surface area contributed by atoms with Gasteiger partial charge in [-0.1, -0.05) is 31.5 Å². The number of nitrogens with zero attached hydrogens (tertiary/aromatic N) is 1. The van der Waals surface area contributed by atoms with E-state index in [2.05, 4.69) is 4.98 Å². The first-order valence-electron chi connectivity index (χ1n) is 5.66. The summed E-state index contributed by atoms with van der Waals surface area (Å²) in [5, 5.41) is 1.29. The molecule has 19 heavy (non-hydrogen) atoms. The Bertz CT molecular complexity index is 691. The summed E-state index contributed by atoms with van der Waals surface area (Å²) in [5.41, 5.74) is -1.70. The summed E-state index contributed by atoms with van der Waals surface area (Å²) in [4.78, 5) is 26.8. The van der Waals surface area contributed by atoms with Crippen LogP contribution in [0.5, 0.6) is 0 Å². The van der Waals surface area contributed by atoms with Crippen LogP contribution in [0.2, 0.25) is 5.15 Å². The highest BCUT2D eigenvalue weighted by atomic mass is 35.5. The van der Waals surface area contributed by atoms with Gasteiger partial charge < -0.3 is 0 Å². The molecule has 2 aromatic heterocycles. The lowest BCUT2D eigenvalue weighted by Gasteiger charge is -2.21. The van der Waals surface area contributed by atoms with E-state index in [0.29, 0.717) is 0 Å². The van der Waals surface area contributed by atoms with Crippen LogP contribution < -0.4 is 11.2 Å². The predicted octanol–water partition coefficient (Wildman–Crippen LogP) is 2.64. The van der Waals surface area contributed by atoms with E-state index in [0.717, 1.165) is 9.44 Å². The molecule has 2 aromatic rings. The monoisotopic (exact) mass is 302 g/mol. The maximum atomic E-state index is 13.6. The second kappa shape index (κ2) is 5.30. The molecule has 0 aromatic carbocycles. The van der Waals surface area contributed by atoms with E-state index in [1.54, 1.807) is 0 Å². The molecule has 0 bridgehead atoms. The van der Waals surface area contributed by atoms with Crippen LogP contribution in [-0.2, 0) is 0 Å². The third-order valence-electron chi connectivity index (χ3n) is 2.78. The van der Waals surface area contributed by atoms with Crippen molar-refractivity contribution in [2.24, 2.45) is 5.92 Å². The van der Waals surface area contributed by atoms with Gasteiger partial charge in [-0.05, 0) is 17.4 Å². The van der Waals surface area contributed by atoms with E-state index in [1.165, 1.54) is 11.3 Å². The number of hydrogen-bond acceptors (Lipinski definition) is 3. The van der Waals surface area contributed by atoms with Gasteiger partial charge in [0.15, 0.2) is 5.15 Å². The van der Waals surface area contributed by atoms with Crippen molar-refractivity contribution >= 4 is 22.9 Å². The molecule has 102 valence electrons. The number of thiophene rings is 1. The van der Waals surface area contributed by atoms with E-state index < -0.39 is 28.3 Å². The number of rotatable bonds is 3. The molecule has 0 aliphatic rings. The van der Waals surface area contributed by atoms with Crippen LogP contribution >= 0.6 is 22.9 Å². The van der Waals surface area contributed by atoms with Gasteiger partial charge in [0.1, 0.15) is 0 Å². The molecule has 2 rings (SSSR count). The Labute approximate surface area is 117 Å². The molecule has 0 spiro atoms. The molecular weight excluding hydrogens is 291 g/mol. The van der Waals surface area contributed by atoms with Gasteiger partial charge in [-0.3, -0.25) is 9.78 Å². The van der Waals surface area contributed by atoms with Crippen LogP contribution in [0.15, 0.2) is 27.1 Å². The number of aromatic amines is 1. The Hall–Kier alpha value is -1.40. The highest BCUT2D eigenvalue weighted by Crippen LogP contribution is 2.27. The van der Waals surface area contributed by atoms with Crippen LogP contribution in [0.4, 0.5) is 4.39 Å². The summed E-state index contributed by atoms with van der Waals surface area (Å²) < 4.78 is 14.5. The molecule has 0 amide bonds. The van der Waals surface area contributed by atoms with Crippen LogP contribution in [0, 0.1) is 11.7 Å². The largest absolute Gasteiger partial charge is 0.330 e. The minimum absolute atomic E-state index is 0.0435. The van der Waals surface area contributed by atoms with Gasteiger partial charge in [0.05, 0.1) is 6.04 Å². The topological polar surface area (TPSA) is 54.9 Å². The van der Waals surface area contributed by atoms with Gasteiger partial charge in [0, 0.05) is 4.88 Å². The Morgan fingerprint density at radius 1 is 1.42 bits per heavy atom. The fraction of sp³-hybridized carbons (Fsp3) is 0.333. The van der Waals surface area contributed by atoms with Crippen molar-refractivity contribution in [3.63, 3.8) is 0 Å². The maximum Gasteiger partial charge on any atom is 0.330 e. The van der Waals surface area contributed by atoms with Crippen LogP contribution in [0.3, 0.4) is 0 Å². The van der Waals surface area contributed by atoms with Crippen molar-refractivity contribution in [1.82, 2.24) is 9.55 Å². The van der Waals surface area contributed by atoms with Gasteiger partial charge in [0.2, 0.25) is 5.82 Å². The first kappa shape index (κ1) is 14.0. The highest BCUT2D eigenvalue weighted by Gasteiger charge is 2.25. The van der Waals surface area contributed by atoms with Gasteiger partial charge in [-0.25, -0.2) is 9.36 Å². The number of H-pyrrole nitrogens is 1. The fourth-order valence-corrected chi connectivity index (χ4v) is 3.12. The molecule has 1 unspecified atom stereocenters. The number of hydrogen-bond donors (Lipinski definition) is 1. The van der Waals surface area contributed by atoms with E-state index in [1.807, 2.05) is 31.4 Å². The van der Waals surface area contributed by atoms with Gasteiger partial charge in [-0.15, -0.1) is 11.3 Å². The summed E-state index contributed by atoms with van der Waals surface area (Å²) in [6.45, 7) is 3.73. The van der Waals surface area contributed by atoms with Crippen molar-refractivity contribution in [2.45, 2.75) is 19.9 Å². The first-order chi connectivity index (χ1) is 8.93. The van der Waals surface area contributed by atoms with Gasteiger partial charge in [-0.2, -0.15) is 4.39 Å². The Balaban J connectivity index is 2.72. The maximum absolute atomic E-state index is 13.6. The lowest BCUT2D eigenvalue weighted by atomic mass is 10.0. The van der Waals surface area contributed by atoms with Crippen molar-refractivity contribution < 1.29 is 4.39 Å². The second-order valence-corrected chi connectivity index (χ2v) is 5.79. The second-order valence-electron chi connectivity index (χ2n) is 4.44. The van der Waals surface area contributed by atoms with Crippen molar-refractivity contribution in [2.75, 3.05) is 0 Å². The molecular formula is C12H12ClFN2O2S. The van der Waals surface area contributed by atoms with E-state index in [9.17, 15) is 14.0 Å². The molecule has 0 radical (unpaired) electrons. The van der Waals surface area contributed by atoms with Crippen LogP contribution in [-0.4, -0.2) is 9.55 Å². The standard InChI is InChI=1S/C12H12ClFN2O2S/c1-6(2)9(7-4-3-5-19-7)16-11(17)8(14)10(13)15-12(16)18/h3-6,9H,1-2H3,(H,15,18). The Kier molecular flexibility index (Phi) is 3.91. The van der Waals surface area contributed by atoms with E-state index in [-0.39, 0.29) is 5.92 Å². The first-order valence-corrected chi connectivity index (χ1v) is 6.92. The van der Waals surface area contributed by atoms with Gasteiger partial charge in [0.25, 0.3) is 5.56 Å². The summed E-state index contributed by atoms with van der Waals surface area (Å²) in [6.07, 6.45) is 0. The summed E-state index contributed by atoms with van der Waals surface area (Å²) >= 11 is 6.87. The Morgan fingerprint density at radius 2 is 2.11 bits per heavy atom. The van der Waals surface area contributed by atoms with Crippen molar-refractivity contribution in [3.05, 3.63) is 54.2 Å². The van der Waals surface area contributed by atoms with E-state index in [4.69, 9.17) is 11.6 Å². The third-order valence-corrected chi connectivity index (χ3v) is 3.98. The molecule has 7 heteroatoms. The Morgan fingerprint density at radius 3 is 2.63 bits per heavy atom. The fourth-order valence-electron chi connectivity index (χ4n) is 1.97. The quantitative estimate of drug-likeness (QED) is 0.886. The van der Waals surface area contributed by atoms with Crippen LogP contribution in [0.25, 0.3) is 0 Å². The molecule has 1 N–H and O–H groups in total. The SMILES string of the molecule is CC(C)C(c1cccs1)n1c(=O)[nH]c(Cl)c(F)c1=O. The lowest BCUT2D eigenvalue weighted by molar-refractivity contribution is 0.403. The van der Waals surface area contributed by atoms with Gasteiger partial charge >= 0.3 is 5.69 Å². The minimum Gasteiger partial charge on any atom is -0.295 e.